The predicted octanol–water partition coefficient (Wildman–Crippen LogP) is 1.93. The number of likely N-dealkylation sites (tertiary alicyclic amines) is 1. The summed E-state index contributed by atoms with van der Waals surface area (Å²) < 4.78 is 0. The van der Waals surface area contributed by atoms with E-state index in [1.807, 2.05) is 16.8 Å². The van der Waals surface area contributed by atoms with Crippen LogP contribution in [0.3, 0.4) is 0 Å². The van der Waals surface area contributed by atoms with Crippen molar-refractivity contribution in [2.75, 3.05) is 20.1 Å². The maximum atomic E-state index is 11.9. The molecule has 0 aromatic heterocycles. The van der Waals surface area contributed by atoms with Gasteiger partial charge in [0.05, 0.1) is 0 Å². The molecule has 0 aromatic rings. The van der Waals surface area contributed by atoms with Crippen molar-refractivity contribution < 1.29 is 4.79 Å². The average Bonchev–Trinajstić information content (AvgIpc) is 3.00. The SMILES string of the molecule is CC1CCN(C(=O)N(C)C2CC2)CC1. The molecule has 3 nitrogen and oxygen atoms in total. The van der Waals surface area contributed by atoms with Crippen LogP contribution in [0, 0.1) is 5.92 Å². The van der Waals surface area contributed by atoms with E-state index in [1.165, 1.54) is 25.7 Å². The third-order valence-electron chi connectivity index (χ3n) is 3.45. The van der Waals surface area contributed by atoms with Crippen molar-refractivity contribution in [2.45, 2.75) is 38.6 Å². The molecule has 80 valence electrons. The molecule has 0 radical (unpaired) electrons. The number of hydrogen-bond donors (Lipinski definition) is 0. The topological polar surface area (TPSA) is 23.6 Å². The monoisotopic (exact) mass is 196 g/mol. The summed E-state index contributed by atoms with van der Waals surface area (Å²) in [6.45, 7) is 4.18. The van der Waals surface area contributed by atoms with Crippen molar-refractivity contribution in [3.63, 3.8) is 0 Å². The molecular formula is C11H20N2O. The second-order valence-electron chi connectivity index (χ2n) is 4.79. The Labute approximate surface area is 86.1 Å². The van der Waals surface area contributed by atoms with Gasteiger partial charge in [-0.15, -0.1) is 0 Å². The fourth-order valence-electron chi connectivity index (χ4n) is 2.04. The first-order valence-electron chi connectivity index (χ1n) is 5.70. The van der Waals surface area contributed by atoms with Gasteiger partial charge in [0.15, 0.2) is 0 Å². The van der Waals surface area contributed by atoms with E-state index in [2.05, 4.69) is 6.92 Å². The summed E-state index contributed by atoms with van der Waals surface area (Å²) in [5, 5.41) is 0. The zero-order valence-electron chi connectivity index (χ0n) is 9.20. The van der Waals surface area contributed by atoms with Crippen LogP contribution in [0.25, 0.3) is 0 Å². The van der Waals surface area contributed by atoms with Gasteiger partial charge in [0.2, 0.25) is 0 Å². The smallest absolute Gasteiger partial charge is 0.319 e. The number of piperidine rings is 1. The molecule has 1 heterocycles. The molecular weight excluding hydrogens is 176 g/mol. The number of rotatable bonds is 1. The van der Waals surface area contributed by atoms with Gasteiger partial charge in [0.1, 0.15) is 0 Å². The summed E-state index contributed by atoms with van der Waals surface area (Å²) in [7, 11) is 1.94. The molecule has 0 N–H and O–H groups in total. The zero-order chi connectivity index (χ0) is 10.1. The minimum atomic E-state index is 0.249. The lowest BCUT2D eigenvalue weighted by Crippen LogP contribution is -2.45. The van der Waals surface area contributed by atoms with E-state index in [9.17, 15) is 4.79 Å². The van der Waals surface area contributed by atoms with E-state index in [1.54, 1.807) is 0 Å². The van der Waals surface area contributed by atoms with Crippen LogP contribution >= 0.6 is 0 Å². The first kappa shape index (κ1) is 9.81. The summed E-state index contributed by atoms with van der Waals surface area (Å²) in [4.78, 5) is 15.9. The Morgan fingerprint density at radius 1 is 1.21 bits per heavy atom. The Hall–Kier alpha value is -0.730. The highest BCUT2D eigenvalue weighted by Gasteiger charge is 2.32. The fraction of sp³-hybridized carbons (Fsp3) is 0.909. The Balaban J connectivity index is 1.84. The van der Waals surface area contributed by atoms with E-state index in [0.717, 1.165) is 19.0 Å². The van der Waals surface area contributed by atoms with Crippen LogP contribution in [-0.2, 0) is 0 Å². The number of urea groups is 1. The first-order valence-corrected chi connectivity index (χ1v) is 5.70. The normalized spacial score (nSPS) is 23.7. The van der Waals surface area contributed by atoms with Gasteiger partial charge in [-0.1, -0.05) is 6.92 Å². The molecule has 2 rings (SSSR count). The van der Waals surface area contributed by atoms with E-state index >= 15 is 0 Å². The highest BCUT2D eigenvalue weighted by Crippen LogP contribution is 2.27. The molecule has 2 amide bonds. The lowest BCUT2D eigenvalue weighted by atomic mass is 10.00. The van der Waals surface area contributed by atoms with Gasteiger partial charge in [0, 0.05) is 26.2 Å². The minimum Gasteiger partial charge on any atom is -0.325 e. The van der Waals surface area contributed by atoms with Crippen LogP contribution in [0.2, 0.25) is 0 Å². The molecule has 0 spiro atoms. The van der Waals surface area contributed by atoms with Crippen molar-refractivity contribution in [1.29, 1.82) is 0 Å². The summed E-state index contributed by atoms with van der Waals surface area (Å²) in [5.41, 5.74) is 0. The number of carbonyl (C=O) groups is 1. The van der Waals surface area contributed by atoms with Crippen LogP contribution in [0.5, 0.6) is 0 Å². The van der Waals surface area contributed by atoms with Crippen molar-refractivity contribution in [2.24, 2.45) is 5.92 Å². The molecule has 1 saturated heterocycles. The third-order valence-corrected chi connectivity index (χ3v) is 3.45. The third kappa shape index (κ3) is 2.02. The van der Waals surface area contributed by atoms with E-state index < -0.39 is 0 Å². The lowest BCUT2D eigenvalue weighted by molar-refractivity contribution is 0.141. The number of hydrogen-bond acceptors (Lipinski definition) is 1. The van der Waals surface area contributed by atoms with E-state index in [4.69, 9.17) is 0 Å². The van der Waals surface area contributed by atoms with E-state index in [-0.39, 0.29) is 6.03 Å². The number of carbonyl (C=O) groups excluding carboxylic acids is 1. The van der Waals surface area contributed by atoms with Crippen LogP contribution in [0.4, 0.5) is 4.79 Å². The Kier molecular flexibility index (Phi) is 2.66. The molecule has 3 heteroatoms. The minimum absolute atomic E-state index is 0.249. The van der Waals surface area contributed by atoms with Crippen LogP contribution < -0.4 is 0 Å². The summed E-state index contributed by atoms with van der Waals surface area (Å²) in [6, 6.07) is 0.793. The average molecular weight is 196 g/mol. The second kappa shape index (κ2) is 3.79. The molecule has 1 saturated carbocycles. The molecule has 0 bridgehead atoms. The van der Waals surface area contributed by atoms with Crippen LogP contribution in [-0.4, -0.2) is 42.0 Å². The molecule has 14 heavy (non-hydrogen) atoms. The number of nitrogens with zero attached hydrogens (tertiary/aromatic N) is 2. The van der Waals surface area contributed by atoms with E-state index in [0.29, 0.717) is 6.04 Å². The Bertz CT molecular complexity index is 217. The zero-order valence-corrected chi connectivity index (χ0v) is 9.20. The first-order chi connectivity index (χ1) is 6.68. The fourth-order valence-corrected chi connectivity index (χ4v) is 2.04. The molecule has 1 aliphatic heterocycles. The Morgan fingerprint density at radius 3 is 2.29 bits per heavy atom. The molecule has 1 aliphatic carbocycles. The standard InChI is InChI=1S/C11H20N2O/c1-9-5-7-13(8-6-9)11(14)12(2)10-3-4-10/h9-10H,3-8H2,1-2H3. The maximum Gasteiger partial charge on any atom is 0.319 e. The highest BCUT2D eigenvalue weighted by atomic mass is 16.2. The highest BCUT2D eigenvalue weighted by molar-refractivity contribution is 5.74. The Morgan fingerprint density at radius 2 is 1.79 bits per heavy atom. The summed E-state index contributed by atoms with van der Waals surface area (Å²) >= 11 is 0. The van der Waals surface area contributed by atoms with Crippen molar-refractivity contribution in [1.82, 2.24) is 9.80 Å². The maximum absolute atomic E-state index is 11.9. The van der Waals surface area contributed by atoms with Crippen LogP contribution in [0.15, 0.2) is 0 Å². The largest absolute Gasteiger partial charge is 0.325 e. The summed E-state index contributed by atoms with van der Waals surface area (Å²) in [6.07, 6.45) is 4.74. The predicted molar refractivity (Wildman–Crippen MR) is 56.2 cm³/mol. The van der Waals surface area contributed by atoms with Crippen LogP contribution in [0.1, 0.15) is 32.6 Å². The molecule has 2 fully saturated rings. The van der Waals surface area contributed by atoms with Crippen molar-refractivity contribution in [3.8, 4) is 0 Å². The van der Waals surface area contributed by atoms with Gasteiger partial charge in [0.25, 0.3) is 0 Å². The van der Waals surface area contributed by atoms with Crippen molar-refractivity contribution in [3.05, 3.63) is 0 Å². The van der Waals surface area contributed by atoms with Gasteiger partial charge in [-0.2, -0.15) is 0 Å². The number of amides is 2. The van der Waals surface area contributed by atoms with Gasteiger partial charge in [-0.25, -0.2) is 4.79 Å². The quantitative estimate of drug-likeness (QED) is 0.628. The molecule has 0 atom stereocenters. The summed E-state index contributed by atoms with van der Waals surface area (Å²) in [5.74, 6) is 0.797. The van der Waals surface area contributed by atoms with Gasteiger partial charge in [-0.05, 0) is 31.6 Å². The lowest BCUT2D eigenvalue weighted by Gasteiger charge is -2.33. The van der Waals surface area contributed by atoms with Gasteiger partial charge < -0.3 is 9.80 Å². The van der Waals surface area contributed by atoms with Gasteiger partial charge >= 0.3 is 6.03 Å². The van der Waals surface area contributed by atoms with Crippen molar-refractivity contribution >= 4 is 6.03 Å². The second-order valence-corrected chi connectivity index (χ2v) is 4.79. The molecule has 0 aromatic carbocycles. The molecule has 2 aliphatic rings. The molecule has 0 unspecified atom stereocenters. The van der Waals surface area contributed by atoms with Gasteiger partial charge in [-0.3, -0.25) is 0 Å².